The molecule has 0 saturated carbocycles. The molecule has 0 radical (unpaired) electrons. The number of nitrogens with zero attached hydrogens (tertiary/aromatic N) is 4. The number of imidazole rings is 1. The van der Waals surface area contributed by atoms with E-state index >= 15 is 0 Å². The van der Waals surface area contributed by atoms with Gasteiger partial charge < -0.3 is 9.47 Å². The summed E-state index contributed by atoms with van der Waals surface area (Å²) in [6.07, 6.45) is 2.04. The molecule has 8 heteroatoms. The predicted molar refractivity (Wildman–Crippen MR) is 102 cm³/mol. The molecule has 4 rings (SSSR count). The molecule has 1 atom stereocenters. The van der Waals surface area contributed by atoms with Crippen molar-refractivity contribution in [2.75, 3.05) is 6.54 Å². The van der Waals surface area contributed by atoms with Crippen molar-refractivity contribution in [3.63, 3.8) is 0 Å². The van der Waals surface area contributed by atoms with Crippen molar-refractivity contribution >= 4 is 17.1 Å². The van der Waals surface area contributed by atoms with Crippen LogP contribution in [0.2, 0.25) is 0 Å². The van der Waals surface area contributed by atoms with Gasteiger partial charge in [0.25, 0.3) is 11.5 Å². The lowest BCUT2D eigenvalue weighted by atomic mass is 10.1. The number of aromatic nitrogens is 4. The highest BCUT2D eigenvalue weighted by molar-refractivity contribution is 5.95. The molecule has 1 aliphatic rings. The summed E-state index contributed by atoms with van der Waals surface area (Å²) < 4.78 is 2.96. The number of aromatic amines is 1. The zero-order valence-electron chi connectivity index (χ0n) is 15.5. The van der Waals surface area contributed by atoms with Gasteiger partial charge in [0, 0.05) is 37.8 Å². The van der Waals surface area contributed by atoms with Crippen LogP contribution in [-0.4, -0.2) is 42.5 Å². The van der Waals surface area contributed by atoms with E-state index in [9.17, 15) is 14.4 Å². The maximum absolute atomic E-state index is 12.8. The van der Waals surface area contributed by atoms with Crippen LogP contribution >= 0.6 is 0 Å². The Kier molecular flexibility index (Phi) is 3.98. The Balaban J connectivity index is 1.83. The van der Waals surface area contributed by atoms with Crippen LogP contribution in [0.4, 0.5) is 0 Å². The van der Waals surface area contributed by atoms with Gasteiger partial charge in [-0.1, -0.05) is 12.1 Å². The largest absolute Gasteiger partial charge is 0.336 e. The molecule has 2 aromatic heterocycles. The number of benzene rings is 1. The SMILES string of the molecule is CC1CCCN1C(=O)c1cccc(-c2nc3c(c(=O)[nH]c(=O)n3C)n2C)c1. The highest BCUT2D eigenvalue weighted by Gasteiger charge is 2.26. The van der Waals surface area contributed by atoms with Crippen molar-refractivity contribution in [1.29, 1.82) is 0 Å². The van der Waals surface area contributed by atoms with E-state index in [2.05, 4.69) is 16.9 Å². The number of aryl methyl sites for hydroxylation is 2. The molecule has 1 amide bonds. The Bertz CT molecular complexity index is 1170. The number of amides is 1. The number of carbonyl (C=O) groups excluding carboxylic acids is 1. The summed E-state index contributed by atoms with van der Waals surface area (Å²) in [5, 5.41) is 0. The maximum Gasteiger partial charge on any atom is 0.329 e. The summed E-state index contributed by atoms with van der Waals surface area (Å²) >= 11 is 0. The predicted octanol–water partition coefficient (Wildman–Crippen LogP) is 1.25. The fourth-order valence-electron chi connectivity index (χ4n) is 3.76. The number of hydrogen-bond donors (Lipinski definition) is 1. The van der Waals surface area contributed by atoms with E-state index in [-0.39, 0.29) is 11.9 Å². The van der Waals surface area contributed by atoms with Crippen LogP contribution in [0.25, 0.3) is 22.6 Å². The molecule has 27 heavy (non-hydrogen) atoms. The lowest BCUT2D eigenvalue weighted by molar-refractivity contribution is 0.0747. The molecule has 3 aromatic rings. The van der Waals surface area contributed by atoms with Crippen molar-refractivity contribution < 1.29 is 4.79 Å². The van der Waals surface area contributed by atoms with E-state index in [4.69, 9.17) is 0 Å². The van der Waals surface area contributed by atoms with Crippen molar-refractivity contribution in [3.8, 4) is 11.4 Å². The average molecular weight is 367 g/mol. The smallest absolute Gasteiger partial charge is 0.329 e. The number of carbonyl (C=O) groups is 1. The van der Waals surface area contributed by atoms with Gasteiger partial charge in [-0.3, -0.25) is 19.1 Å². The van der Waals surface area contributed by atoms with Crippen LogP contribution in [0.5, 0.6) is 0 Å². The van der Waals surface area contributed by atoms with E-state index in [0.717, 1.165) is 24.9 Å². The van der Waals surface area contributed by atoms with E-state index in [1.54, 1.807) is 30.8 Å². The molecule has 1 saturated heterocycles. The third kappa shape index (κ3) is 2.68. The minimum absolute atomic E-state index is 0.00543. The number of H-pyrrole nitrogens is 1. The number of likely N-dealkylation sites (tertiary alicyclic amines) is 1. The van der Waals surface area contributed by atoms with E-state index < -0.39 is 11.2 Å². The summed E-state index contributed by atoms with van der Waals surface area (Å²) in [5.74, 6) is 0.534. The van der Waals surface area contributed by atoms with Crippen LogP contribution in [0, 0.1) is 0 Å². The maximum atomic E-state index is 12.8. The zero-order valence-corrected chi connectivity index (χ0v) is 15.5. The Labute approximate surface area is 155 Å². The summed E-state index contributed by atoms with van der Waals surface area (Å²) in [7, 11) is 3.29. The number of hydrogen-bond acceptors (Lipinski definition) is 4. The Morgan fingerprint density at radius 3 is 2.70 bits per heavy atom. The summed E-state index contributed by atoms with van der Waals surface area (Å²) in [5.41, 5.74) is 0.953. The topological polar surface area (TPSA) is 93.0 Å². The molecular weight excluding hydrogens is 346 g/mol. The van der Waals surface area contributed by atoms with Crippen molar-refractivity contribution in [2.45, 2.75) is 25.8 Å². The quantitative estimate of drug-likeness (QED) is 0.738. The molecule has 1 fully saturated rings. The fraction of sp³-hybridized carbons (Fsp3) is 0.368. The molecule has 0 bridgehead atoms. The number of nitrogens with one attached hydrogen (secondary N) is 1. The average Bonchev–Trinajstić information content (AvgIpc) is 3.23. The van der Waals surface area contributed by atoms with Crippen molar-refractivity contribution in [2.24, 2.45) is 14.1 Å². The lowest BCUT2D eigenvalue weighted by Crippen LogP contribution is -2.33. The van der Waals surface area contributed by atoms with E-state index in [1.165, 1.54) is 4.57 Å². The number of rotatable bonds is 2. The Hall–Kier alpha value is -3.16. The van der Waals surface area contributed by atoms with Gasteiger partial charge in [-0.2, -0.15) is 0 Å². The van der Waals surface area contributed by atoms with Gasteiger partial charge >= 0.3 is 5.69 Å². The van der Waals surface area contributed by atoms with Gasteiger partial charge in [-0.15, -0.1) is 0 Å². The highest BCUT2D eigenvalue weighted by Crippen LogP contribution is 2.24. The first kappa shape index (κ1) is 17.3. The van der Waals surface area contributed by atoms with Crippen LogP contribution in [0.1, 0.15) is 30.1 Å². The third-order valence-corrected chi connectivity index (χ3v) is 5.32. The standard InChI is InChI=1S/C19H21N5O3/c1-11-6-5-9-24(11)18(26)13-8-4-7-12(10-13)15-20-16-14(22(15)2)17(25)21-19(27)23(16)3/h4,7-8,10-11H,5-6,9H2,1-3H3,(H,21,25,27). The highest BCUT2D eigenvalue weighted by atomic mass is 16.2. The molecule has 8 nitrogen and oxygen atoms in total. The van der Waals surface area contributed by atoms with Gasteiger partial charge in [0.05, 0.1) is 0 Å². The molecular formula is C19H21N5O3. The van der Waals surface area contributed by atoms with E-state index in [1.807, 2.05) is 17.0 Å². The minimum Gasteiger partial charge on any atom is -0.336 e. The molecule has 1 aliphatic heterocycles. The zero-order chi connectivity index (χ0) is 19.3. The minimum atomic E-state index is -0.510. The third-order valence-electron chi connectivity index (χ3n) is 5.32. The molecule has 1 aromatic carbocycles. The van der Waals surface area contributed by atoms with Gasteiger partial charge in [0.1, 0.15) is 5.82 Å². The number of fused-ring (bicyclic) bond motifs is 1. The van der Waals surface area contributed by atoms with Crippen LogP contribution in [-0.2, 0) is 14.1 Å². The van der Waals surface area contributed by atoms with Gasteiger partial charge in [-0.25, -0.2) is 9.78 Å². The summed E-state index contributed by atoms with van der Waals surface area (Å²) in [6.45, 7) is 2.83. The molecule has 1 N–H and O–H groups in total. The second-order valence-electron chi connectivity index (χ2n) is 7.06. The van der Waals surface area contributed by atoms with Gasteiger partial charge in [-0.05, 0) is 31.9 Å². The van der Waals surface area contributed by atoms with Gasteiger partial charge in [0.15, 0.2) is 11.2 Å². The Morgan fingerprint density at radius 1 is 1.22 bits per heavy atom. The lowest BCUT2D eigenvalue weighted by Gasteiger charge is -2.21. The second-order valence-corrected chi connectivity index (χ2v) is 7.06. The van der Waals surface area contributed by atoms with Crippen LogP contribution in [0.15, 0.2) is 33.9 Å². The normalized spacial score (nSPS) is 17.0. The first-order valence-corrected chi connectivity index (χ1v) is 8.95. The van der Waals surface area contributed by atoms with Gasteiger partial charge in [0.2, 0.25) is 0 Å². The molecule has 0 aliphatic carbocycles. The van der Waals surface area contributed by atoms with Crippen molar-refractivity contribution in [1.82, 2.24) is 24.0 Å². The molecule has 1 unspecified atom stereocenters. The molecule has 3 heterocycles. The van der Waals surface area contributed by atoms with Crippen LogP contribution < -0.4 is 11.2 Å². The second kappa shape index (κ2) is 6.22. The first-order chi connectivity index (χ1) is 12.9. The monoisotopic (exact) mass is 367 g/mol. The van der Waals surface area contributed by atoms with Crippen LogP contribution in [0.3, 0.4) is 0 Å². The molecule has 140 valence electrons. The van der Waals surface area contributed by atoms with E-state index in [0.29, 0.717) is 22.6 Å². The van der Waals surface area contributed by atoms with Crippen molar-refractivity contribution in [3.05, 3.63) is 50.7 Å². The first-order valence-electron chi connectivity index (χ1n) is 8.95. The summed E-state index contributed by atoms with van der Waals surface area (Å²) in [6, 6.07) is 7.48. The summed E-state index contributed by atoms with van der Waals surface area (Å²) in [4.78, 5) is 45.6. The fourth-order valence-corrected chi connectivity index (χ4v) is 3.76. The Morgan fingerprint density at radius 2 is 2.00 bits per heavy atom. The molecule has 0 spiro atoms.